The topological polar surface area (TPSA) is 30.7 Å². The fourth-order valence-electron chi connectivity index (χ4n) is 1.46. The predicted molar refractivity (Wildman–Crippen MR) is 62.1 cm³/mol. The fourth-order valence-corrected chi connectivity index (χ4v) is 2.00. The summed E-state index contributed by atoms with van der Waals surface area (Å²) in [5.74, 6) is 0.961. The van der Waals surface area contributed by atoms with Crippen LogP contribution in [0.2, 0.25) is 0 Å². The lowest BCUT2D eigenvalue weighted by Crippen LogP contribution is -2.03. The molecule has 2 aromatic rings. The Bertz CT molecular complexity index is 436. The number of hydrogen-bond acceptors (Lipinski definition) is 3. The summed E-state index contributed by atoms with van der Waals surface area (Å²) in [6.07, 6.45) is 2.02. The van der Waals surface area contributed by atoms with Crippen LogP contribution in [0, 0.1) is 6.92 Å². The van der Waals surface area contributed by atoms with Crippen molar-refractivity contribution in [3.05, 3.63) is 41.7 Å². The number of rotatable bonds is 3. The van der Waals surface area contributed by atoms with Crippen LogP contribution in [0.1, 0.15) is 11.4 Å². The van der Waals surface area contributed by atoms with E-state index in [4.69, 9.17) is 0 Å². The largest absolute Gasteiger partial charge is 0.302 e. The standard InChI is InChI=1S/C11H13N3S/c1-9-12-13-11(15-2)14(9)8-10-6-4-3-5-7-10/h3-7H,8H2,1-2H3. The summed E-state index contributed by atoms with van der Waals surface area (Å²) in [5.41, 5.74) is 1.27. The van der Waals surface area contributed by atoms with Crippen LogP contribution in [-0.4, -0.2) is 21.0 Å². The molecule has 0 aliphatic heterocycles. The zero-order valence-corrected chi connectivity index (χ0v) is 9.66. The van der Waals surface area contributed by atoms with Crippen molar-refractivity contribution in [3.8, 4) is 0 Å². The van der Waals surface area contributed by atoms with Gasteiger partial charge in [0.1, 0.15) is 5.82 Å². The average molecular weight is 219 g/mol. The highest BCUT2D eigenvalue weighted by atomic mass is 32.2. The lowest BCUT2D eigenvalue weighted by Gasteiger charge is -2.06. The normalized spacial score (nSPS) is 10.5. The van der Waals surface area contributed by atoms with E-state index < -0.39 is 0 Å². The first-order valence-corrected chi connectivity index (χ1v) is 6.01. The monoisotopic (exact) mass is 219 g/mol. The Hall–Kier alpha value is -1.29. The molecule has 0 saturated carbocycles. The summed E-state index contributed by atoms with van der Waals surface area (Å²) in [7, 11) is 0. The van der Waals surface area contributed by atoms with Crippen LogP contribution in [0.25, 0.3) is 0 Å². The molecule has 0 N–H and O–H groups in total. The Morgan fingerprint density at radius 3 is 2.60 bits per heavy atom. The summed E-state index contributed by atoms with van der Waals surface area (Å²) >= 11 is 1.62. The van der Waals surface area contributed by atoms with Gasteiger partial charge in [0.05, 0.1) is 6.54 Å². The van der Waals surface area contributed by atoms with Gasteiger partial charge in [-0.3, -0.25) is 0 Å². The van der Waals surface area contributed by atoms with Crippen LogP contribution in [-0.2, 0) is 6.54 Å². The molecule has 0 spiro atoms. The first-order valence-electron chi connectivity index (χ1n) is 4.79. The average Bonchev–Trinajstić information content (AvgIpc) is 2.62. The van der Waals surface area contributed by atoms with E-state index in [0.717, 1.165) is 17.5 Å². The van der Waals surface area contributed by atoms with Gasteiger partial charge >= 0.3 is 0 Å². The molecule has 2 rings (SSSR count). The summed E-state index contributed by atoms with van der Waals surface area (Å²) in [5, 5.41) is 9.15. The van der Waals surface area contributed by atoms with Gasteiger partial charge in [-0.25, -0.2) is 0 Å². The van der Waals surface area contributed by atoms with Crippen molar-refractivity contribution < 1.29 is 0 Å². The van der Waals surface area contributed by atoms with Crippen molar-refractivity contribution in [2.75, 3.05) is 6.26 Å². The molecule has 0 aliphatic carbocycles. The van der Waals surface area contributed by atoms with E-state index in [2.05, 4.69) is 26.9 Å². The molecule has 0 aliphatic rings. The third kappa shape index (κ3) is 2.21. The molecule has 0 bridgehead atoms. The highest BCUT2D eigenvalue weighted by Gasteiger charge is 2.07. The van der Waals surface area contributed by atoms with Crippen LogP contribution in [0.5, 0.6) is 0 Å². The first-order chi connectivity index (χ1) is 7.31. The molecule has 1 heterocycles. The van der Waals surface area contributed by atoms with E-state index in [9.17, 15) is 0 Å². The Labute approximate surface area is 93.5 Å². The Kier molecular flexibility index (Phi) is 3.06. The predicted octanol–water partition coefficient (Wildman–Crippen LogP) is 2.36. The quantitative estimate of drug-likeness (QED) is 0.742. The minimum Gasteiger partial charge on any atom is -0.302 e. The minimum absolute atomic E-state index is 0.843. The van der Waals surface area contributed by atoms with E-state index in [1.165, 1.54) is 5.56 Å². The summed E-state index contributed by atoms with van der Waals surface area (Å²) in [6, 6.07) is 10.4. The zero-order valence-electron chi connectivity index (χ0n) is 8.84. The maximum absolute atomic E-state index is 4.11. The van der Waals surface area contributed by atoms with Gasteiger partial charge in [0.2, 0.25) is 0 Å². The molecule has 15 heavy (non-hydrogen) atoms. The van der Waals surface area contributed by atoms with Crippen molar-refractivity contribution in [3.63, 3.8) is 0 Å². The second kappa shape index (κ2) is 4.49. The van der Waals surface area contributed by atoms with E-state index in [1.807, 2.05) is 31.4 Å². The van der Waals surface area contributed by atoms with Gasteiger partial charge in [0.25, 0.3) is 0 Å². The Balaban J connectivity index is 2.27. The third-order valence-corrected chi connectivity index (χ3v) is 2.94. The number of hydrogen-bond donors (Lipinski definition) is 0. The Morgan fingerprint density at radius 1 is 1.20 bits per heavy atom. The molecular formula is C11H13N3S. The van der Waals surface area contributed by atoms with Gasteiger partial charge in [0, 0.05) is 0 Å². The maximum Gasteiger partial charge on any atom is 0.191 e. The van der Waals surface area contributed by atoms with Crippen LogP contribution in [0.4, 0.5) is 0 Å². The van der Waals surface area contributed by atoms with Gasteiger partial charge in [-0.2, -0.15) is 0 Å². The number of aryl methyl sites for hydroxylation is 1. The minimum atomic E-state index is 0.843. The molecule has 1 aromatic carbocycles. The summed E-state index contributed by atoms with van der Waals surface area (Å²) < 4.78 is 2.12. The molecule has 0 unspecified atom stereocenters. The van der Waals surface area contributed by atoms with E-state index in [-0.39, 0.29) is 0 Å². The SMILES string of the molecule is CSc1nnc(C)n1Cc1ccccc1. The highest BCUT2D eigenvalue weighted by Crippen LogP contribution is 2.15. The van der Waals surface area contributed by atoms with Gasteiger partial charge in [0.15, 0.2) is 5.16 Å². The summed E-state index contributed by atoms with van der Waals surface area (Å²) in [4.78, 5) is 0. The number of benzene rings is 1. The van der Waals surface area contributed by atoms with Crippen molar-refractivity contribution in [1.29, 1.82) is 0 Å². The lowest BCUT2D eigenvalue weighted by molar-refractivity contribution is 0.689. The van der Waals surface area contributed by atoms with Crippen LogP contribution >= 0.6 is 11.8 Å². The maximum atomic E-state index is 4.11. The first kappa shape index (κ1) is 10.2. The molecule has 1 aromatic heterocycles. The molecule has 4 heteroatoms. The third-order valence-electron chi connectivity index (χ3n) is 2.27. The van der Waals surface area contributed by atoms with Crippen molar-refractivity contribution in [1.82, 2.24) is 14.8 Å². The molecule has 78 valence electrons. The highest BCUT2D eigenvalue weighted by molar-refractivity contribution is 7.98. The van der Waals surface area contributed by atoms with Crippen LogP contribution in [0.3, 0.4) is 0 Å². The lowest BCUT2D eigenvalue weighted by atomic mass is 10.2. The molecule has 0 radical (unpaired) electrons. The number of thioether (sulfide) groups is 1. The molecular weight excluding hydrogens is 206 g/mol. The van der Waals surface area contributed by atoms with Gasteiger partial charge in [-0.1, -0.05) is 42.1 Å². The van der Waals surface area contributed by atoms with Gasteiger partial charge in [-0.15, -0.1) is 10.2 Å². The van der Waals surface area contributed by atoms with Gasteiger partial charge < -0.3 is 4.57 Å². The van der Waals surface area contributed by atoms with Crippen molar-refractivity contribution >= 4 is 11.8 Å². The zero-order chi connectivity index (χ0) is 10.7. The second-order valence-electron chi connectivity index (χ2n) is 3.31. The number of nitrogens with zero attached hydrogens (tertiary/aromatic N) is 3. The van der Waals surface area contributed by atoms with E-state index in [0.29, 0.717) is 0 Å². The van der Waals surface area contributed by atoms with Crippen molar-refractivity contribution in [2.45, 2.75) is 18.6 Å². The number of aromatic nitrogens is 3. The van der Waals surface area contributed by atoms with E-state index in [1.54, 1.807) is 11.8 Å². The molecule has 0 atom stereocenters. The van der Waals surface area contributed by atoms with Gasteiger partial charge in [-0.05, 0) is 18.7 Å². The molecule has 0 amide bonds. The van der Waals surface area contributed by atoms with Crippen LogP contribution in [0.15, 0.2) is 35.5 Å². The fraction of sp³-hybridized carbons (Fsp3) is 0.273. The second-order valence-corrected chi connectivity index (χ2v) is 4.08. The van der Waals surface area contributed by atoms with Crippen molar-refractivity contribution in [2.24, 2.45) is 0 Å². The Morgan fingerprint density at radius 2 is 1.93 bits per heavy atom. The summed E-state index contributed by atoms with van der Waals surface area (Å²) in [6.45, 7) is 2.82. The molecule has 0 fully saturated rings. The van der Waals surface area contributed by atoms with E-state index >= 15 is 0 Å². The molecule has 3 nitrogen and oxygen atoms in total. The smallest absolute Gasteiger partial charge is 0.191 e. The van der Waals surface area contributed by atoms with Crippen LogP contribution < -0.4 is 0 Å². The molecule has 0 saturated heterocycles.